The molecule has 0 spiro atoms. The fourth-order valence-electron chi connectivity index (χ4n) is 2.81. The molecule has 3 heteroatoms. The number of fused-ring (bicyclic) bond motifs is 1. The first-order valence-corrected chi connectivity index (χ1v) is 7.18. The lowest BCUT2D eigenvalue weighted by atomic mass is 9.92. The maximum atomic E-state index is 13.2. The second kappa shape index (κ2) is 5.68. The number of hydrogen-bond acceptors (Lipinski definition) is 2. The quantitative estimate of drug-likeness (QED) is 0.792. The van der Waals surface area contributed by atoms with Crippen LogP contribution in [0.25, 0.3) is 0 Å². The van der Waals surface area contributed by atoms with Gasteiger partial charge in [-0.05, 0) is 24.6 Å². The minimum absolute atomic E-state index is 0.0514. The topological polar surface area (TPSA) is 26.3 Å². The molecule has 0 bridgehead atoms. The van der Waals surface area contributed by atoms with Crippen LogP contribution in [0.3, 0.4) is 0 Å². The summed E-state index contributed by atoms with van der Waals surface area (Å²) in [6.45, 7) is 1.92. The monoisotopic (exact) mass is 284 g/mol. The van der Waals surface area contributed by atoms with Crippen molar-refractivity contribution in [2.75, 3.05) is 0 Å². The number of hydrogen-bond donors (Lipinski definition) is 0. The molecule has 0 aromatic heterocycles. The summed E-state index contributed by atoms with van der Waals surface area (Å²) in [6.07, 6.45) is 1.26. The fraction of sp³-hybridized carbons (Fsp3) is 0.278. The van der Waals surface area contributed by atoms with E-state index in [2.05, 4.69) is 0 Å². The molecule has 0 aliphatic carbocycles. The van der Waals surface area contributed by atoms with Crippen LogP contribution in [0.5, 0.6) is 5.75 Å². The maximum Gasteiger partial charge on any atom is 0.165 e. The SMILES string of the molecule is CC(CC1Cc2cc(F)ccc2O1)C(=O)c1ccccc1. The molecule has 1 heterocycles. The molecule has 0 saturated heterocycles. The van der Waals surface area contributed by atoms with E-state index in [1.165, 1.54) is 12.1 Å². The van der Waals surface area contributed by atoms with Gasteiger partial charge in [0.05, 0.1) is 0 Å². The van der Waals surface area contributed by atoms with Crippen molar-refractivity contribution in [2.24, 2.45) is 5.92 Å². The van der Waals surface area contributed by atoms with Gasteiger partial charge in [0, 0.05) is 23.5 Å². The van der Waals surface area contributed by atoms with E-state index in [0.717, 1.165) is 16.9 Å². The van der Waals surface area contributed by atoms with Crippen molar-refractivity contribution in [3.05, 3.63) is 65.5 Å². The highest BCUT2D eigenvalue weighted by atomic mass is 19.1. The number of ketones is 1. The second-order valence-corrected chi connectivity index (χ2v) is 5.56. The van der Waals surface area contributed by atoms with Crippen LogP contribution in [-0.2, 0) is 6.42 Å². The molecule has 2 atom stereocenters. The van der Waals surface area contributed by atoms with Crippen LogP contribution < -0.4 is 4.74 Å². The highest BCUT2D eigenvalue weighted by Gasteiger charge is 2.27. The molecule has 21 heavy (non-hydrogen) atoms. The van der Waals surface area contributed by atoms with Crippen LogP contribution in [0.4, 0.5) is 4.39 Å². The summed E-state index contributed by atoms with van der Waals surface area (Å²) in [5.74, 6) is 0.505. The molecule has 108 valence electrons. The number of ether oxygens (including phenoxy) is 1. The van der Waals surface area contributed by atoms with Crippen molar-refractivity contribution in [1.29, 1.82) is 0 Å². The van der Waals surface area contributed by atoms with Gasteiger partial charge in [0.15, 0.2) is 5.78 Å². The van der Waals surface area contributed by atoms with Gasteiger partial charge in [-0.1, -0.05) is 37.3 Å². The van der Waals surface area contributed by atoms with E-state index in [9.17, 15) is 9.18 Å². The Morgan fingerprint density at radius 1 is 1.29 bits per heavy atom. The van der Waals surface area contributed by atoms with Crippen LogP contribution in [0.2, 0.25) is 0 Å². The lowest BCUT2D eigenvalue weighted by Gasteiger charge is -2.15. The Balaban J connectivity index is 1.65. The number of rotatable bonds is 4. The third kappa shape index (κ3) is 2.97. The van der Waals surface area contributed by atoms with E-state index in [1.807, 2.05) is 37.3 Å². The predicted molar refractivity (Wildman–Crippen MR) is 79.1 cm³/mol. The minimum Gasteiger partial charge on any atom is -0.490 e. The van der Waals surface area contributed by atoms with Gasteiger partial charge >= 0.3 is 0 Å². The van der Waals surface area contributed by atoms with Crippen molar-refractivity contribution in [1.82, 2.24) is 0 Å². The predicted octanol–water partition coefficient (Wildman–Crippen LogP) is 4.04. The number of carbonyl (C=O) groups is 1. The smallest absolute Gasteiger partial charge is 0.165 e. The summed E-state index contributed by atoms with van der Waals surface area (Å²) in [5.41, 5.74) is 1.62. The Bertz CT molecular complexity index is 652. The lowest BCUT2D eigenvalue weighted by molar-refractivity contribution is 0.0886. The summed E-state index contributed by atoms with van der Waals surface area (Å²) < 4.78 is 19.0. The maximum absolute atomic E-state index is 13.2. The van der Waals surface area contributed by atoms with Gasteiger partial charge < -0.3 is 4.74 Å². The van der Waals surface area contributed by atoms with Crippen molar-refractivity contribution < 1.29 is 13.9 Å². The molecule has 0 fully saturated rings. The summed E-state index contributed by atoms with van der Waals surface area (Å²) >= 11 is 0. The molecule has 0 radical (unpaired) electrons. The third-order valence-corrected chi connectivity index (χ3v) is 3.89. The van der Waals surface area contributed by atoms with Crippen LogP contribution >= 0.6 is 0 Å². The van der Waals surface area contributed by atoms with Crippen molar-refractivity contribution in [3.8, 4) is 5.75 Å². The van der Waals surface area contributed by atoms with E-state index in [4.69, 9.17) is 4.74 Å². The molecule has 2 unspecified atom stereocenters. The summed E-state index contributed by atoms with van der Waals surface area (Å²) in [4.78, 5) is 12.3. The third-order valence-electron chi connectivity index (χ3n) is 3.89. The molecule has 2 aromatic rings. The zero-order valence-electron chi connectivity index (χ0n) is 11.9. The van der Waals surface area contributed by atoms with Crippen molar-refractivity contribution >= 4 is 5.78 Å². The average Bonchev–Trinajstić information content (AvgIpc) is 2.88. The number of Topliss-reactive ketones (excluding diaryl/α,β-unsaturated/α-hetero) is 1. The molecule has 0 N–H and O–H groups in total. The van der Waals surface area contributed by atoms with Gasteiger partial charge in [-0.25, -0.2) is 4.39 Å². The van der Waals surface area contributed by atoms with Gasteiger partial charge in [0.25, 0.3) is 0 Å². The van der Waals surface area contributed by atoms with E-state index >= 15 is 0 Å². The van der Waals surface area contributed by atoms with Crippen molar-refractivity contribution in [2.45, 2.75) is 25.9 Å². The minimum atomic E-state index is -0.244. The van der Waals surface area contributed by atoms with E-state index in [0.29, 0.717) is 12.8 Å². The second-order valence-electron chi connectivity index (χ2n) is 5.56. The average molecular weight is 284 g/mol. The van der Waals surface area contributed by atoms with Crippen LogP contribution in [0, 0.1) is 11.7 Å². The number of carbonyl (C=O) groups excluding carboxylic acids is 1. The molecular formula is C18H17FO2. The molecule has 1 aliphatic heterocycles. The standard InChI is InChI=1S/C18H17FO2/c1-12(18(20)13-5-3-2-4-6-13)9-16-11-14-10-15(19)7-8-17(14)21-16/h2-8,10,12,16H,9,11H2,1H3. The highest BCUT2D eigenvalue weighted by molar-refractivity contribution is 5.97. The summed E-state index contributed by atoms with van der Waals surface area (Å²) in [5, 5.41) is 0. The molecular weight excluding hydrogens is 267 g/mol. The van der Waals surface area contributed by atoms with E-state index in [-0.39, 0.29) is 23.6 Å². The van der Waals surface area contributed by atoms with Gasteiger partial charge in [0.1, 0.15) is 17.7 Å². The first-order chi connectivity index (χ1) is 10.1. The zero-order chi connectivity index (χ0) is 14.8. The summed E-state index contributed by atoms with van der Waals surface area (Å²) in [6, 6.07) is 13.9. The fourth-order valence-corrected chi connectivity index (χ4v) is 2.81. The molecule has 0 amide bonds. The normalized spacial score (nSPS) is 17.9. The number of benzene rings is 2. The van der Waals surface area contributed by atoms with Crippen LogP contribution in [0.1, 0.15) is 29.3 Å². The zero-order valence-corrected chi connectivity index (χ0v) is 11.9. The van der Waals surface area contributed by atoms with Gasteiger partial charge in [-0.15, -0.1) is 0 Å². The van der Waals surface area contributed by atoms with Crippen molar-refractivity contribution in [3.63, 3.8) is 0 Å². The van der Waals surface area contributed by atoms with Crippen LogP contribution in [-0.4, -0.2) is 11.9 Å². The first-order valence-electron chi connectivity index (χ1n) is 7.18. The Labute approximate surface area is 123 Å². The first kappa shape index (κ1) is 13.8. The summed E-state index contributed by atoms with van der Waals surface area (Å²) in [7, 11) is 0. The lowest BCUT2D eigenvalue weighted by Crippen LogP contribution is -2.22. The molecule has 1 aliphatic rings. The van der Waals surface area contributed by atoms with E-state index < -0.39 is 0 Å². The van der Waals surface area contributed by atoms with Gasteiger partial charge in [-0.3, -0.25) is 4.79 Å². The Kier molecular flexibility index (Phi) is 3.74. The Morgan fingerprint density at radius 2 is 2.05 bits per heavy atom. The molecule has 3 rings (SSSR count). The number of halogens is 1. The van der Waals surface area contributed by atoms with Crippen LogP contribution in [0.15, 0.2) is 48.5 Å². The molecule has 2 nitrogen and oxygen atoms in total. The van der Waals surface area contributed by atoms with E-state index in [1.54, 1.807) is 6.07 Å². The Morgan fingerprint density at radius 3 is 2.81 bits per heavy atom. The van der Waals surface area contributed by atoms with Gasteiger partial charge in [-0.2, -0.15) is 0 Å². The molecule has 2 aromatic carbocycles. The molecule has 0 saturated carbocycles. The Hall–Kier alpha value is -2.16. The highest BCUT2D eigenvalue weighted by Crippen LogP contribution is 2.32. The van der Waals surface area contributed by atoms with Gasteiger partial charge in [0.2, 0.25) is 0 Å². The largest absolute Gasteiger partial charge is 0.490 e.